The van der Waals surface area contributed by atoms with E-state index in [1.54, 1.807) is 54.7 Å². The predicted octanol–water partition coefficient (Wildman–Crippen LogP) is 3.87. The molecule has 0 saturated carbocycles. The van der Waals surface area contributed by atoms with Gasteiger partial charge in [-0.1, -0.05) is 42.5 Å². The second-order valence-corrected chi connectivity index (χ2v) is 7.15. The number of esters is 2. The number of methoxy groups -OCH3 is 2. The highest BCUT2D eigenvalue weighted by Crippen LogP contribution is 2.31. The van der Waals surface area contributed by atoms with Crippen LogP contribution < -0.4 is 0 Å². The zero-order valence-electron chi connectivity index (χ0n) is 18.3. The second kappa shape index (κ2) is 9.37. The number of rotatable bonds is 6. The summed E-state index contributed by atoms with van der Waals surface area (Å²) < 4.78 is 11.2. The molecule has 0 fully saturated rings. The van der Waals surface area contributed by atoms with E-state index in [4.69, 9.17) is 9.47 Å². The van der Waals surface area contributed by atoms with Crippen LogP contribution in [-0.4, -0.2) is 52.0 Å². The summed E-state index contributed by atoms with van der Waals surface area (Å²) >= 11 is 0. The molecule has 0 spiro atoms. The molecule has 2 aromatic heterocycles. The summed E-state index contributed by atoms with van der Waals surface area (Å²) in [6.45, 7) is 0. The van der Waals surface area contributed by atoms with Gasteiger partial charge in [0, 0.05) is 23.5 Å². The van der Waals surface area contributed by atoms with E-state index in [9.17, 15) is 19.5 Å². The maximum atomic E-state index is 12.7. The first kappa shape index (κ1) is 22.4. The Kier molecular flexibility index (Phi) is 6.18. The van der Waals surface area contributed by atoms with Gasteiger partial charge in [-0.3, -0.25) is 4.98 Å². The molecule has 4 aromatic rings. The molecule has 0 bridgehead atoms. The average molecular weight is 457 g/mol. The van der Waals surface area contributed by atoms with Crippen LogP contribution in [0.2, 0.25) is 0 Å². The molecule has 0 atom stereocenters. The first-order chi connectivity index (χ1) is 16.4. The van der Waals surface area contributed by atoms with Crippen molar-refractivity contribution in [2.24, 2.45) is 0 Å². The minimum atomic E-state index is -1.07. The Labute approximate surface area is 194 Å². The van der Waals surface area contributed by atoms with Crippen molar-refractivity contribution in [3.05, 3.63) is 89.9 Å². The number of nitrogens with zero attached hydrogens (tertiary/aromatic N) is 3. The van der Waals surface area contributed by atoms with Gasteiger partial charge in [-0.2, -0.15) is 5.10 Å². The lowest BCUT2D eigenvalue weighted by atomic mass is 10.0. The Morgan fingerprint density at radius 3 is 2.09 bits per heavy atom. The molecule has 0 aliphatic heterocycles. The number of carbonyl (C=O) groups excluding carboxylic acids is 2. The van der Waals surface area contributed by atoms with E-state index in [1.807, 2.05) is 6.07 Å². The van der Waals surface area contributed by atoms with Gasteiger partial charge in [-0.05, 0) is 23.8 Å². The van der Waals surface area contributed by atoms with Gasteiger partial charge in [0.05, 0.1) is 25.5 Å². The highest BCUT2D eigenvalue weighted by atomic mass is 16.5. The number of benzene rings is 2. The molecule has 2 heterocycles. The monoisotopic (exact) mass is 457 g/mol. The zero-order chi connectivity index (χ0) is 24.2. The second-order valence-electron chi connectivity index (χ2n) is 7.15. The lowest BCUT2D eigenvalue weighted by Crippen LogP contribution is -2.15. The average Bonchev–Trinajstić information content (AvgIpc) is 3.29. The van der Waals surface area contributed by atoms with Crippen molar-refractivity contribution in [1.82, 2.24) is 14.8 Å². The number of ether oxygens (including phenoxy) is 2. The maximum absolute atomic E-state index is 12.7. The molecule has 0 amide bonds. The number of carbonyl (C=O) groups is 3. The number of para-hydroxylation sites is 1. The first-order valence-corrected chi connectivity index (χ1v) is 10.1. The first-order valence-electron chi connectivity index (χ1n) is 10.1. The maximum Gasteiger partial charge on any atom is 0.357 e. The van der Waals surface area contributed by atoms with Crippen molar-refractivity contribution in [1.29, 1.82) is 0 Å². The van der Waals surface area contributed by atoms with E-state index in [0.29, 0.717) is 16.8 Å². The number of hydrogen-bond acceptors (Lipinski definition) is 7. The van der Waals surface area contributed by atoms with Crippen LogP contribution in [0.5, 0.6) is 0 Å². The zero-order valence-corrected chi connectivity index (χ0v) is 18.3. The summed E-state index contributed by atoms with van der Waals surface area (Å²) in [4.78, 5) is 40.6. The molecule has 0 radical (unpaired) electrons. The normalized spacial score (nSPS) is 10.5. The molecule has 0 aliphatic carbocycles. The number of aromatic nitrogens is 3. The van der Waals surface area contributed by atoms with Gasteiger partial charge in [0.25, 0.3) is 0 Å². The van der Waals surface area contributed by atoms with Crippen LogP contribution in [0.3, 0.4) is 0 Å². The predicted molar refractivity (Wildman–Crippen MR) is 122 cm³/mol. The topological polar surface area (TPSA) is 121 Å². The van der Waals surface area contributed by atoms with Crippen LogP contribution in [0.4, 0.5) is 0 Å². The van der Waals surface area contributed by atoms with Gasteiger partial charge in [-0.25, -0.2) is 19.1 Å². The molecule has 0 unspecified atom stereocenters. The van der Waals surface area contributed by atoms with E-state index in [0.717, 1.165) is 5.56 Å². The lowest BCUT2D eigenvalue weighted by molar-refractivity contribution is 0.0549. The Morgan fingerprint density at radius 1 is 0.824 bits per heavy atom. The summed E-state index contributed by atoms with van der Waals surface area (Å²) in [7, 11) is 2.44. The molecule has 2 aromatic carbocycles. The summed E-state index contributed by atoms with van der Waals surface area (Å²) in [5.41, 5.74) is 2.66. The van der Waals surface area contributed by atoms with E-state index >= 15 is 0 Å². The van der Waals surface area contributed by atoms with Crippen LogP contribution in [0, 0.1) is 0 Å². The van der Waals surface area contributed by atoms with Crippen molar-refractivity contribution in [2.75, 3.05) is 14.2 Å². The molecule has 4 rings (SSSR count). The molecular weight excluding hydrogens is 438 g/mol. The minimum Gasteiger partial charge on any atom is -0.478 e. The van der Waals surface area contributed by atoms with Crippen LogP contribution in [0.1, 0.15) is 31.2 Å². The van der Waals surface area contributed by atoms with Crippen molar-refractivity contribution >= 4 is 17.9 Å². The third-order valence-corrected chi connectivity index (χ3v) is 5.13. The van der Waals surface area contributed by atoms with Gasteiger partial charge < -0.3 is 14.6 Å². The van der Waals surface area contributed by atoms with E-state index in [1.165, 1.54) is 31.2 Å². The molecular formula is C25H19N3O6. The fourth-order valence-electron chi connectivity index (χ4n) is 3.49. The van der Waals surface area contributed by atoms with Crippen LogP contribution >= 0.6 is 0 Å². The quantitative estimate of drug-likeness (QED) is 0.433. The summed E-state index contributed by atoms with van der Waals surface area (Å²) in [5.74, 6) is -2.55. The molecule has 1 N–H and O–H groups in total. The minimum absolute atomic E-state index is 0.0273. The van der Waals surface area contributed by atoms with Crippen molar-refractivity contribution < 1.29 is 29.0 Å². The number of pyridine rings is 1. The standard InChI is InChI=1S/C25H19N3O6/c1-33-24(31)20-21(27-28(22(20)25(32)34-2)19-6-4-3-5-7-19)16-10-8-15(9-11-16)17-12-18(23(29)30)14-26-13-17/h3-14H,1-2H3,(H,29,30). The molecule has 170 valence electrons. The molecule has 0 saturated heterocycles. The smallest absolute Gasteiger partial charge is 0.357 e. The largest absolute Gasteiger partial charge is 0.478 e. The van der Waals surface area contributed by atoms with Gasteiger partial charge in [0.15, 0.2) is 5.69 Å². The SMILES string of the molecule is COC(=O)c1c(-c2ccc(-c3cncc(C(=O)O)c3)cc2)nn(-c2ccccc2)c1C(=O)OC. The highest BCUT2D eigenvalue weighted by Gasteiger charge is 2.31. The van der Waals surface area contributed by atoms with Crippen molar-refractivity contribution in [3.8, 4) is 28.1 Å². The van der Waals surface area contributed by atoms with Crippen LogP contribution in [0.15, 0.2) is 73.1 Å². The Balaban J connectivity index is 1.86. The number of carboxylic acids is 1. The third kappa shape index (κ3) is 4.14. The molecule has 34 heavy (non-hydrogen) atoms. The summed E-state index contributed by atoms with van der Waals surface area (Å²) in [6.07, 6.45) is 2.83. The number of carboxylic acid groups (broad SMARTS) is 1. The molecule has 9 heteroatoms. The fourth-order valence-corrected chi connectivity index (χ4v) is 3.49. The van der Waals surface area contributed by atoms with E-state index in [2.05, 4.69) is 10.1 Å². The van der Waals surface area contributed by atoms with Gasteiger partial charge in [0.1, 0.15) is 11.3 Å². The Morgan fingerprint density at radius 2 is 1.47 bits per heavy atom. The Bertz CT molecular complexity index is 1380. The Hall–Kier alpha value is -4.79. The number of aromatic carboxylic acids is 1. The fraction of sp³-hybridized carbons (Fsp3) is 0.0800. The van der Waals surface area contributed by atoms with Gasteiger partial charge >= 0.3 is 17.9 Å². The van der Waals surface area contributed by atoms with E-state index < -0.39 is 17.9 Å². The number of hydrogen-bond donors (Lipinski definition) is 1. The van der Waals surface area contributed by atoms with Crippen LogP contribution in [0.25, 0.3) is 28.1 Å². The van der Waals surface area contributed by atoms with Gasteiger partial charge in [-0.15, -0.1) is 0 Å². The third-order valence-electron chi connectivity index (χ3n) is 5.13. The van der Waals surface area contributed by atoms with Crippen molar-refractivity contribution in [2.45, 2.75) is 0 Å². The van der Waals surface area contributed by atoms with Crippen LogP contribution in [-0.2, 0) is 9.47 Å². The summed E-state index contributed by atoms with van der Waals surface area (Å²) in [6, 6.07) is 17.3. The molecule has 9 nitrogen and oxygen atoms in total. The lowest BCUT2D eigenvalue weighted by Gasteiger charge is -2.07. The van der Waals surface area contributed by atoms with Gasteiger partial charge in [0.2, 0.25) is 0 Å². The summed E-state index contributed by atoms with van der Waals surface area (Å²) in [5, 5.41) is 13.8. The van der Waals surface area contributed by atoms with E-state index in [-0.39, 0.29) is 22.5 Å². The highest BCUT2D eigenvalue weighted by molar-refractivity contribution is 6.06. The van der Waals surface area contributed by atoms with Crippen molar-refractivity contribution in [3.63, 3.8) is 0 Å². The molecule has 0 aliphatic rings.